The Morgan fingerprint density at radius 2 is 2.18 bits per heavy atom. The summed E-state index contributed by atoms with van der Waals surface area (Å²) < 4.78 is 18.8. The number of ether oxygens (including phenoxy) is 1. The van der Waals surface area contributed by atoms with Crippen molar-refractivity contribution >= 4 is 17.6 Å². The summed E-state index contributed by atoms with van der Waals surface area (Å²) in [6, 6.07) is 4.70. The van der Waals surface area contributed by atoms with E-state index in [2.05, 4.69) is 10.6 Å². The number of para-hydroxylation sites is 1. The topological polar surface area (TPSA) is 87.7 Å². The van der Waals surface area contributed by atoms with Crippen LogP contribution in [0.4, 0.5) is 10.1 Å². The van der Waals surface area contributed by atoms with Crippen molar-refractivity contribution in [1.29, 1.82) is 0 Å². The van der Waals surface area contributed by atoms with Crippen LogP contribution in [0.2, 0.25) is 0 Å². The van der Waals surface area contributed by atoms with Crippen LogP contribution in [0.15, 0.2) is 24.3 Å². The number of carbonyl (C=O) groups is 2. The normalized spacial score (nSPS) is 18.9. The number of amides is 1. The first-order valence-electron chi connectivity index (χ1n) is 7.18. The number of nitrogens with one attached hydrogen (secondary N) is 2. The highest BCUT2D eigenvalue weighted by molar-refractivity contribution is 5.94. The van der Waals surface area contributed by atoms with E-state index >= 15 is 0 Å². The number of rotatable bonds is 7. The lowest BCUT2D eigenvalue weighted by Gasteiger charge is -2.17. The van der Waals surface area contributed by atoms with E-state index < -0.39 is 23.7 Å². The summed E-state index contributed by atoms with van der Waals surface area (Å²) in [4.78, 5) is 23.1. The molecule has 1 aromatic rings. The van der Waals surface area contributed by atoms with Gasteiger partial charge in [0.05, 0.1) is 18.2 Å². The molecule has 0 spiro atoms. The van der Waals surface area contributed by atoms with Gasteiger partial charge in [-0.05, 0) is 25.0 Å². The summed E-state index contributed by atoms with van der Waals surface area (Å²) in [5.74, 6) is -2.24. The third kappa shape index (κ3) is 4.78. The van der Waals surface area contributed by atoms with Crippen LogP contribution in [-0.2, 0) is 14.3 Å². The zero-order valence-corrected chi connectivity index (χ0v) is 12.0. The van der Waals surface area contributed by atoms with Crippen LogP contribution in [0, 0.1) is 5.82 Å². The van der Waals surface area contributed by atoms with E-state index in [0.717, 1.165) is 12.8 Å². The molecule has 1 aliphatic rings. The van der Waals surface area contributed by atoms with Crippen molar-refractivity contribution in [2.75, 3.05) is 18.5 Å². The molecule has 0 saturated carbocycles. The maximum Gasteiger partial charge on any atom is 0.321 e. The maximum atomic E-state index is 13.4. The van der Waals surface area contributed by atoms with E-state index in [0.29, 0.717) is 13.2 Å². The lowest BCUT2D eigenvalue weighted by Crippen LogP contribution is -2.43. The van der Waals surface area contributed by atoms with Gasteiger partial charge in [-0.15, -0.1) is 0 Å². The first-order chi connectivity index (χ1) is 10.6. The number of anilines is 1. The summed E-state index contributed by atoms with van der Waals surface area (Å²) in [5.41, 5.74) is 0.0377. The Morgan fingerprint density at radius 1 is 1.41 bits per heavy atom. The molecule has 1 aromatic carbocycles. The highest BCUT2D eigenvalue weighted by Gasteiger charge is 2.24. The molecule has 22 heavy (non-hydrogen) atoms. The van der Waals surface area contributed by atoms with Crippen LogP contribution in [0.1, 0.15) is 19.3 Å². The van der Waals surface area contributed by atoms with Gasteiger partial charge in [0, 0.05) is 13.2 Å². The Balaban J connectivity index is 1.85. The van der Waals surface area contributed by atoms with E-state index in [1.54, 1.807) is 6.07 Å². The van der Waals surface area contributed by atoms with Gasteiger partial charge in [-0.25, -0.2) is 4.39 Å². The third-order valence-corrected chi connectivity index (χ3v) is 3.45. The molecule has 7 heteroatoms. The molecule has 2 atom stereocenters. The van der Waals surface area contributed by atoms with E-state index in [1.165, 1.54) is 18.2 Å². The molecule has 2 rings (SSSR count). The molecule has 1 unspecified atom stereocenters. The van der Waals surface area contributed by atoms with E-state index in [1.807, 2.05) is 0 Å². The van der Waals surface area contributed by atoms with Crippen molar-refractivity contribution in [2.45, 2.75) is 31.4 Å². The second-order valence-electron chi connectivity index (χ2n) is 5.17. The Morgan fingerprint density at radius 3 is 2.82 bits per heavy atom. The highest BCUT2D eigenvalue weighted by Crippen LogP contribution is 2.14. The average Bonchev–Trinajstić information content (AvgIpc) is 2.99. The molecule has 1 amide bonds. The molecule has 1 aliphatic heterocycles. The zero-order valence-electron chi connectivity index (χ0n) is 12.0. The van der Waals surface area contributed by atoms with Gasteiger partial charge in [0.2, 0.25) is 5.91 Å². The standard InChI is InChI=1S/C15H19FN2O4/c16-11-5-1-2-6-12(11)18-14(19)8-13(15(20)21)17-9-10-4-3-7-22-10/h1-2,5-6,10,13,17H,3-4,7-9H2,(H,18,19)(H,20,21)/t10?,13-/m0/s1. The van der Waals surface area contributed by atoms with Crippen LogP contribution in [0.3, 0.4) is 0 Å². The summed E-state index contributed by atoms with van der Waals surface area (Å²) in [5, 5.41) is 14.3. The second kappa shape index (κ2) is 7.86. The Labute approximate surface area is 127 Å². The Bertz CT molecular complexity index is 532. The molecule has 3 N–H and O–H groups in total. The van der Waals surface area contributed by atoms with Crippen molar-refractivity contribution in [3.05, 3.63) is 30.1 Å². The number of carbonyl (C=O) groups excluding carboxylic acids is 1. The van der Waals surface area contributed by atoms with Gasteiger partial charge in [-0.1, -0.05) is 12.1 Å². The van der Waals surface area contributed by atoms with Crippen molar-refractivity contribution in [3.8, 4) is 0 Å². The van der Waals surface area contributed by atoms with E-state index in [-0.39, 0.29) is 18.2 Å². The number of benzene rings is 1. The van der Waals surface area contributed by atoms with Gasteiger partial charge < -0.3 is 20.5 Å². The first kappa shape index (κ1) is 16.4. The van der Waals surface area contributed by atoms with Crippen molar-refractivity contribution in [3.63, 3.8) is 0 Å². The number of carboxylic acids is 1. The number of hydrogen-bond acceptors (Lipinski definition) is 4. The molecule has 0 aliphatic carbocycles. The molecule has 6 nitrogen and oxygen atoms in total. The zero-order chi connectivity index (χ0) is 15.9. The van der Waals surface area contributed by atoms with Crippen molar-refractivity contribution in [2.24, 2.45) is 0 Å². The summed E-state index contributed by atoms with van der Waals surface area (Å²) >= 11 is 0. The van der Waals surface area contributed by atoms with Gasteiger partial charge >= 0.3 is 5.97 Å². The van der Waals surface area contributed by atoms with E-state index in [9.17, 15) is 14.0 Å². The largest absolute Gasteiger partial charge is 0.480 e. The summed E-state index contributed by atoms with van der Waals surface area (Å²) in [6.07, 6.45) is 1.53. The fraction of sp³-hybridized carbons (Fsp3) is 0.467. The number of halogens is 1. The summed E-state index contributed by atoms with van der Waals surface area (Å²) in [6.45, 7) is 1.06. The second-order valence-corrected chi connectivity index (χ2v) is 5.17. The van der Waals surface area contributed by atoms with Gasteiger partial charge in [0.25, 0.3) is 0 Å². The molecule has 1 fully saturated rings. The molecule has 1 heterocycles. The predicted molar refractivity (Wildman–Crippen MR) is 78.0 cm³/mol. The predicted octanol–water partition coefficient (Wildman–Crippen LogP) is 1.38. The van der Waals surface area contributed by atoms with Crippen LogP contribution >= 0.6 is 0 Å². The third-order valence-electron chi connectivity index (χ3n) is 3.45. The maximum absolute atomic E-state index is 13.4. The minimum Gasteiger partial charge on any atom is -0.480 e. The Kier molecular flexibility index (Phi) is 5.85. The van der Waals surface area contributed by atoms with Crippen LogP contribution in [0.5, 0.6) is 0 Å². The minimum atomic E-state index is -1.12. The smallest absolute Gasteiger partial charge is 0.321 e. The highest BCUT2D eigenvalue weighted by atomic mass is 19.1. The van der Waals surface area contributed by atoms with Gasteiger partial charge in [-0.3, -0.25) is 9.59 Å². The quantitative estimate of drug-likeness (QED) is 0.708. The number of aliphatic carboxylic acids is 1. The van der Waals surface area contributed by atoms with Crippen molar-refractivity contribution < 1.29 is 23.8 Å². The van der Waals surface area contributed by atoms with Crippen LogP contribution in [0.25, 0.3) is 0 Å². The fourth-order valence-corrected chi connectivity index (χ4v) is 2.28. The Hall–Kier alpha value is -1.99. The fourth-order valence-electron chi connectivity index (χ4n) is 2.28. The van der Waals surface area contributed by atoms with E-state index in [4.69, 9.17) is 9.84 Å². The molecular formula is C15H19FN2O4. The minimum absolute atomic E-state index is 0.0171. The van der Waals surface area contributed by atoms with Crippen LogP contribution in [-0.4, -0.2) is 42.3 Å². The van der Waals surface area contributed by atoms with Gasteiger partial charge in [-0.2, -0.15) is 0 Å². The van der Waals surface area contributed by atoms with Crippen LogP contribution < -0.4 is 10.6 Å². The summed E-state index contributed by atoms with van der Waals surface area (Å²) in [7, 11) is 0. The molecule has 120 valence electrons. The molecule has 0 aromatic heterocycles. The molecule has 0 bridgehead atoms. The lowest BCUT2D eigenvalue weighted by molar-refractivity contribution is -0.141. The first-order valence-corrected chi connectivity index (χ1v) is 7.18. The average molecular weight is 310 g/mol. The molecule has 1 saturated heterocycles. The van der Waals surface area contributed by atoms with Gasteiger partial charge in [0.1, 0.15) is 11.9 Å². The number of hydrogen-bond donors (Lipinski definition) is 3. The lowest BCUT2D eigenvalue weighted by atomic mass is 10.1. The molecule has 0 radical (unpaired) electrons. The monoisotopic (exact) mass is 310 g/mol. The van der Waals surface area contributed by atoms with Gasteiger partial charge in [0.15, 0.2) is 0 Å². The number of carboxylic acid groups (broad SMARTS) is 1. The van der Waals surface area contributed by atoms with Crippen molar-refractivity contribution in [1.82, 2.24) is 5.32 Å². The SMILES string of the molecule is O=C(C[C@H](NCC1CCCO1)C(=O)O)Nc1ccccc1F. The molecular weight excluding hydrogens is 291 g/mol.